The van der Waals surface area contributed by atoms with Crippen molar-refractivity contribution in [2.24, 2.45) is 5.92 Å². The molecular formula is C15H22F2N2O2. The number of hydrogen-bond acceptors (Lipinski definition) is 2. The van der Waals surface area contributed by atoms with Gasteiger partial charge in [0.1, 0.15) is 17.7 Å². The summed E-state index contributed by atoms with van der Waals surface area (Å²) < 4.78 is 26.9. The predicted octanol–water partition coefficient (Wildman–Crippen LogP) is 2.73. The zero-order valence-corrected chi connectivity index (χ0v) is 12.5. The Morgan fingerprint density at radius 1 is 1.29 bits per heavy atom. The molecule has 0 spiro atoms. The van der Waals surface area contributed by atoms with E-state index >= 15 is 0 Å². The summed E-state index contributed by atoms with van der Waals surface area (Å²) in [5.74, 6) is -1.36. The lowest BCUT2D eigenvalue weighted by Crippen LogP contribution is -2.44. The Morgan fingerprint density at radius 2 is 1.86 bits per heavy atom. The van der Waals surface area contributed by atoms with E-state index in [2.05, 4.69) is 10.6 Å². The van der Waals surface area contributed by atoms with Gasteiger partial charge in [0, 0.05) is 12.6 Å². The van der Waals surface area contributed by atoms with E-state index in [-0.39, 0.29) is 12.6 Å². The van der Waals surface area contributed by atoms with Crippen LogP contribution in [0.3, 0.4) is 0 Å². The van der Waals surface area contributed by atoms with E-state index < -0.39 is 29.3 Å². The smallest absolute Gasteiger partial charge is 0.315 e. The van der Waals surface area contributed by atoms with Crippen LogP contribution in [0.15, 0.2) is 18.2 Å². The second-order valence-electron chi connectivity index (χ2n) is 5.18. The lowest BCUT2D eigenvalue weighted by molar-refractivity contribution is 0.163. The number of carbonyl (C=O) groups is 1. The lowest BCUT2D eigenvalue weighted by atomic mass is 10.0. The minimum Gasteiger partial charge on any atom is -0.386 e. The third kappa shape index (κ3) is 4.97. The maximum Gasteiger partial charge on any atom is 0.315 e. The molecule has 1 rings (SSSR count). The molecule has 4 nitrogen and oxygen atoms in total. The standard InChI is InChI=1S/C15H22F2N2O2/c1-4-9(2)10(3)19-15(21)18-8-13(20)14-11(16)6-5-7-12(14)17/h5-7,9-10,13,20H,4,8H2,1-3H3,(H2,18,19,21). The van der Waals surface area contributed by atoms with Gasteiger partial charge in [0.25, 0.3) is 0 Å². The number of rotatable bonds is 6. The van der Waals surface area contributed by atoms with Crippen molar-refractivity contribution >= 4 is 6.03 Å². The van der Waals surface area contributed by atoms with Crippen molar-refractivity contribution in [1.29, 1.82) is 0 Å². The molecule has 0 aliphatic carbocycles. The molecule has 3 atom stereocenters. The molecule has 2 amide bonds. The summed E-state index contributed by atoms with van der Waals surface area (Å²) in [4.78, 5) is 11.7. The van der Waals surface area contributed by atoms with Crippen LogP contribution in [-0.4, -0.2) is 23.7 Å². The Balaban J connectivity index is 2.53. The first-order valence-corrected chi connectivity index (χ1v) is 7.03. The fourth-order valence-electron chi connectivity index (χ4n) is 1.87. The van der Waals surface area contributed by atoms with E-state index in [9.17, 15) is 18.7 Å². The molecule has 1 aromatic rings. The first kappa shape index (κ1) is 17.4. The minimum absolute atomic E-state index is 0.0302. The topological polar surface area (TPSA) is 61.4 Å². The summed E-state index contributed by atoms with van der Waals surface area (Å²) in [6.07, 6.45) is -0.513. The highest BCUT2D eigenvalue weighted by Gasteiger charge is 2.19. The number of hydrogen-bond donors (Lipinski definition) is 3. The van der Waals surface area contributed by atoms with Crippen molar-refractivity contribution in [3.05, 3.63) is 35.4 Å². The van der Waals surface area contributed by atoms with E-state index in [1.165, 1.54) is 6.07 Å². The van der Waals surface area contributed by atoms with Crippen LogP contribution in [0.5, 0.6) is 0 Å². The van der Waals surface area contributed by atoms with E-state index in [0.717, 1.165) is 18.6 Å². The Labute approximate surface area is 123 Å². The van der Waals surface area contributed by atoms with Crippen molar-refractivity contribution in [3.63, 3.8) is 0 Å². The molecule has 0 radical (unpaired) electrons. The van der Waals surface area contributed by atoms with Gasteiger partial charge in [-0.15, -0.1) is 0 Å². The quantitative estimate of drug-likeness (QED) is 0.756. The number of aliphatic hydroxyl groups is 1. The fourth-order valence-corrected chi connectivity index (χ4v) is 1.87. The van der Waals surface area contributed by atoms with Crippen LogP contribution in [0, 0.1) is 17.6 Å². The summed E-state index contributed by atoms with van der Waals surface area (Å²) in [7, 11) is 0. The minimum atomic E-state index is -1.43. The maximum absolute atomic E-state index is 13.5. The molecule has 0 saturated carbocycles. The van der Waals surface area contributed by atoms with Crippen LogP contribution < -0.4 is 10.6 Å². The van der Waals surface area contributed by atoms with E-state index in [1.54, 1.807) is 0 Å². The summed E-state index contributed by atoms with van der Waals surface area (Å²) in [6.45, 7) is 5.64. The molecule has 1 aromatic carbocycles. The molecule has 0 fully saturated rings. The molecule has 0 heterocycles. The number of nitrogens with one attached hydrogen (secondary N) is 2. The normalized spacial score (nSPS) is 15.1. The van der Waals surface area contributed by atoms with Gasteiger partial charge in [-0.25, -0.2) is 13.6 Å². The van der Waals surface area contributed by atoms with Gasteiger partial charge in [-0.05, 0) is 25.0 Å². The number of halogens is 2. The maximum atomic E-state index is 13.5. The molecule has 3 unspecified atom stereocenters. The lowest BCUT2D eigenvalue weighted by Gasteiger charge is -2.21. The average molecular weight is 300 g/mol. The molecule has 0 aliphatic rings. The van der Waals surface area contributed by atoms with Crippen molar-refractivity contribution in [2.75, 3.05) is 6.54 Å². The fraction of sp³-hybridized carbons (Fsp3) is 0.533. The van der Waals surface area contributed by atoms with Gasteiger partial charge in [-0.1, -0.05) is 26.3 Å². The highest BCUT2D eigenvalue weighted by atomic mass is 19.1. The second kappa shape index (κ2) is 7.93. The summed E-state index contributed by atoms with van der Waals surface area (Å²) in [6, 6.07) is 2.84. The van der Waals surface area contributed by atoms with Gasteiger partial charge >= 0.3 is 6.03 Å². The number of urea groups is 1. The van der Waals surface area contributed by atoms with Crippen molar-refractivity contribution < 1.29 is 18.7 Å². The summed E-state index contributed by atoms with van der Waals surface area (Å²) >= 11 is 0. The Morgan fingerprint density at radius 3 is 2.38 bits per heavy atom. The summed E-state index contributed by atoms with van der Waals surface area (Å²) in [5.41, 5.74) is -0.437. The van der Waals surface area contributed by atoms with Gasteiger partial charge in [0.05, 0.1) is 5.56 Å². The second-order valence-corrected chi connectivity index (χ2v) is 5.18. The van der Waals surface area contributed by atoms with Gasteiger partial charge in [0.2, 0.25) is 0 Å². The molecule has 0 aromatic heterocycles. The Hall–Kier alpha value is -1.69. The number of aliphatic hydroxyl groups excluding tert-OH is 1. The van der Waals surface area contributed by atoms with Crippen molar-refractivity contribution in [1.82, 2.24) is 10.6 Å². The van der Waals surface area contributed by atoms with E-state index in [1.807, 2.05) is 20.8 Å². The van der Waals surface area contributed by atoms with E-state index in [4.69, 9.17) is 0 Å². The summed E-state index contributed by atoms with van der Waals surface area (Å²) in [5, 5.41) is 14.9. The largest absolute Gasteiger partial charge is 0.386 e. The highest BCUT2D eigenvalue weighted by Crippen LogP contribution is 2.19. The van der Waals surface area contributed by atoms with Crippen molar-refractivity contribution in [2.45, 2.75) is 39.3 Å². The van der Waals surface area contributed by atoms with Crippen LogP contribution in [-0.2, 0) is 0 Å². The Kier molecular flexibility index (Phi) is 6.55. The van der Waals surface area contributed by atoms with Crippen LogP contribution in [0.4, 0.5) is 13.6 Å². The number of benzene rings is 1. The molecule has 21 heavy (non-hydrogen) atoms. The zero-order valence-electron chi connectivity index (χ0n) is 12.5. The molecule has 118 valence electrons. The molecule has 6 heteroatoms. The SMILES string of the molecule is CCC(C)C(C)NC(=O)NCC(O)c1c(F)cccc1F. The Bertz CT molecular complexity index is 462. The molecule has 0 bridgehead atoms. The molecule has 3 N–H and O–H groups in total. The van der Waals surface area contributed by atoms with Gasteiger partial charge in [-0.3, -0.25) is 0 Å². The molecule has 0 aliphatic heterocycles. The van der Waals surface area contributed by atoms with Crippen LogP contribution in [0.1, 0.15) is 38.9 Å². The monoisotopic (exact) mass is 300 g/mol. The third-order valence-corrected chi connectivity index (χ3v) is 3.65. The predicted molar refractivity (Wildman–Crippen MR) is 76.8 cm³/mol. The van der Waals surface area contributed by atoms with Crippen LogP contribution >= 0.6 is 0 Å². The highest BCUT2D eigenvalue weighted by molar-refractivity contribution is 5.74. The first-order chi connectivity index (χ1) is 9.86. The number of amides is 2. The first-order valence-electron chi connectivity index (χ1n) is 7.03. The molecule has 0 saturated heterocycles. The van der Waals surface area contributed by atoms with Crippen LogP contribution in [0.25, 0.3) is 0 Å². The van der Waals surface area contributed by atoms with Gasteiger partial charge in [-0.2, -0.15) is 0 Å². The van der Waals surface area contributed by atoms with Crippen molar-refractivity contribution in [3.8, 4) is 0 Å². The van der Waals surface area contributed by atoms with Gasteiger partial charge in [0.15, 0.2) is 0 Å². The van der Waals surface area contributed by atoms with Gasteiger partial charge < -0.3 is 15.7 Å². The number of carbonyl (C=O) groups excluding carboxylic acids is 1. The zero-order chi connectivity index (χ0) is 16.0. The van der Waals surface area contributed by atoms with Crippen LogP contribution in [0.2, 0.25) is 0 Å². The average Bonchev–Trinajstić information content (AvgIpc) is 2.43. The van der Waals surface area contributed by atoms with E-state index in [0.29, 0.717) is 5.92 Å². The third-order valence-electron chi connectivity index (χ3n) is 3.65. The molecular weight excluding hydrogens is 278 g/mol.